The smallest absolute Gasteiger partial charge is 0.412 e. The van der Waals surface area contributed by atoms with Crippen molar-refractivity contribution in [2.45, 2.75) is 12.7 Å². The van der Waals surface area contributed by atoms with Gasteiger partial charge in [-0.3, -0.25) is 20.4 Å². The third kappa shape index (κ3) is 4.49. The fourth-order valence-corrected chi connectivity index (χ4v) is 2.46. The summed E-state index contributed by atoms with van der Waals surface area (Å²) >= 11 is 6.18. The van der Waals surface area contributed by atoms with Crippen molar-refractivity contribution in [3.05, 3.63) is 22.7 Å². The van der Waals surface area contributed by atoms with Crippen LogP contribution in [0.5, 0.6) is 5.75 Å². The van der Waals surface area contributed by atoms with Crippen LogP contribution in [-0.2, 0) is 9.47 Å². The zero-order valence-electron chi connectivity index (χ0n) is 14.3. The van der Waals surface area contributed by atoms with Crippen molar-refractivity contribution in [3.8, 4) is 5.75 Å². The summed E-state index contributed by atoms with van der Waals surface area (Å²) in [6.07, 6.45) is -1.42. The van der Waals surface area contributed by atoms with E-state index in [0.29, 0.717) is 0 Å². The van der Waals surface area contributed by atoms with Crippen LogP contribution in [0.15, 0.2) is 17.2 Å². The Hall–Kier alpha value is -2.90. The molecule has 0 aromatic heterocycles. The van der Waals surface area contributed by atoms with Crippen LogP contribution in [0.3, 0.4) is 0 Å². The van der Waals surface area contributed by atoms with E-state index in [-0.39, 0.29) is 35.4 Å². The number of nitrogens with zero attached hydrogens (tertiary/aromatic N) is 2. The number of anilines is 1. The van der Waals surface area contributed by atoms with E-state index in [4.69, 9.17) is 21.1 Å². The van der Waals surface area contributed by atoms with Gasteiger partial charge in [-0.05, 0) is 12.1 Å². The summed E-state index contributed by atoms with van der Waals surface area (Å²) in [5.41, 5.74) is 4.55. The molecule has 1 saturated heterocycles. The van der Waals surface area contributed by atoms with E-state index in [0.717, 1.165) is 6.07 Å². The summed E-state index contributed by atoms with van der Waals surface area (Å²) in [5, 5.41) is 9.51. The molecule has 4 N–H and O–H groups in total. The summed E-state index contributed by atoms with van der Waals surface area (Å²) < 4.78 is 39.6. The third-order valence-corrected chi connectivity index (χ3v) is 3.99. The second kappa shape index (κ2) is 8.41. The molecule has 2 heterocycles. The topological polar surface area (TPSA) is 126 Å². The minimum Gasteiger partial charge on any atom is -0.441 e. The summed E-state index contributed by atoms with van der Waals surface area (Å²) in [6.45, 7) is -2.73. The Bertz CT molecular complexity index is 807. The molecule has 152 valence electrons. The van der Waals surface area contributed by atoms with Gasteiger partial charge in [-0.1, -0.05) is 11.6 Å². The van der Waals surface area contributed by atoms with Crippen LogP contribution in [0.25, 0.3) is 0 Å². The van der Waals surface area contributed by atoms with Crippen molar-refractivity contribution in [1.29, 1.82) is 0 Å². The Labute approximate surface area is 161 Å². The predicted octanol–water partition coefficient (Wildman–Crippen LogP) is 0.844. The first-order valence-corrected chi connectivity index (χ1v) is 8.19. The number of guanidine groups is 1. The largest absolute Gasteiger partial charge is 0.441 e. The molecule has 1 aromatic rings. The Kier molecular flexibility index (Phi) is 5.96. The van der Waals surface area contributed by atoms with Gasteiger partial charge < -0.3 is 14.2 Å². The number of nitrogens with one attached hydrogen (secondary N) is 4. The number of carbonyl (C=O) groups is 2. The molecular weight excluding hydrogens is 406 g/mol. The fourth-order valence-electron chi connectivity index (χ4n) is 2.17. The minimum absolute atomic E-state index is 0.117. The maximum Gasteiger partial charge on any atom is 0.412 e. The lowest BCUT2D eigenvalue weighted by atomic mass is 10.1. The molecular formula is C14H15ClF2N6O5. The highest BCUT2D eigenvalue weighted by Crippen LogP contribution is 2.36. The average molecular weight is 421 g/mol. The molecule has 2 amide bonds. The molecule has 0 bridgehead atoms. The van der Waals surface area contributed by atoms with Gasteiger partial charge in [0.1, 0.15) is 5.69 Å². The fraction of sp³-hybridized carbons (Fsp3) is 0.357. The standard InChI is InChI=1S/C14H15ClF2N6O5/c1-23-13(20-21-22-23)19-11(24)7-2-3-8(28-12(16)17)10(9(7)15)18-14(25)27-6-4-26-5-6/h2-3,6,12,21-22H,4-5H2,1H3,(H,18,25)(H,19,20,24). The second-order valence-corrected chi connectivity index (χ2v) is 5.92. The minimum atomic E-state index is -3.18. The molecule has 0 atom stereocenters. The van der Waals surface area contributed by atoms with E-state index in [1.807, 2.05) is 0 Å². The molecule has 28 heavy (non-hydrogen) atoms. The quantitative estimate of drug-likeness (QED) is 0.552. The molecule has 2 aliphatic heterocycles. The van der Waals surface area contributed by atoms with Gasteiger partial charge in [0.15, 0.2) is 11.9 Å². The number of ether oxygens (including phenoxy) is 3. The van der Waals surface area contributed by atoms with Crippen LogP contribution >= 0.6 is 11.6 Å². The number of halogens is 3. The van der Waals surface area contributed by atoms with Crippen LogP contribution in [0.2, 0.25) is 5.02 Å². The van der Waals surface area contributed by atoms with Gasteiger partial charge in [-0.2, -0.15) is 8.78 Å². The molecule has 3 rings (SSSR count). The van der Waals surface area contributed by atoms with Gasteiger partial charge in [0.25, 0.3) is 5.91 Å². The van der Waals surface area contributed by atoms with E-state index in [9.17, 15) is 18.4 Å². The number of hydrogen-bond acceptors (Lipinski definition) is 9. The van der Waals surface area contributed by atoms with Crippen molar-refractivity contribution in [2.24, 2.45) is 5.10 Å². The number of benzene rings is 1. The number of hydrogen-bond donors (Lipinski definition) is 4. The normalized spacial score (nSPS) is 16.2. The number of alkyl halides is 2. The summed E-state index contributed by atoms with van der Waals surface area (Å²) in [5.74, 6) is -1.00. The van der Waals surface area contributed by atoms with Crippen molar-refractivity contribution >= 4 is 35.2 Å². The number of rotatable bonds is 5. The first-order valence-electron chi connectivity index (χ1n) is 7.81. The molecule has 0 saturated carbocycles. The van der Waals surface area contributed by atoms with Crippen molar-refractivity contribution in [2.75, 3.05) is 25.6 Å². The Morgan fingerprint density at radius 2 is 2.14 bits per heavy atom. The highest BCUT2D eigenvalue weighted by Gasteiger charge is 2.26. The zero-order valence-corrected chi connectivity index (χ0v) is 15.0. The summed E-state index contributed by atoms with van der Waals surface area (Å²) in [6, 6.07) is 2.24. The van der Waals surface area contributed by atoms with E-state index < -0.39 is 30.5 Å². The molecule has 0 radical (unpaired) electrons. The number of amides is 2. The van der Waals surface area contributed by atoms with Crippen LogP contribution in [0.1, 0.15) is 10.4 Å². The van der Waals surface area contributed by atoms with Crippen LogP contribution in [0.4, 0.5) is 19.3 Å². The Morgan fingerprint density at radius 1 is 1.39 bits per heavy atom. The molecule has 11 nitrogen and oxygen atoms in total. The monoisotopic (exact) mass is 420 g/mol. The third-order valence-electron chi connectivity index (χ3n) is 3.60. The number of carbonyl (C=O) groups excluding carboxylic acids is 2. The van der Waals surface area contributed by atoms with E-state index in [1.165, 1.54) is 11.1 Å². The lowest BCUT2D eigenvalue weighted by molar-refractivity contribution is -0.0951. The van der Waals surface area contributed by atoms with E-state index >= 15 is 0 Å². The molecule has 14 heteroatoms. The maximum atomic E-state index is 12.7. The van der Waals surface area contributed by atoms with Gasteiger partial charge in [0.2, 0.25) is 5.96 Å². The molecule has 1 fully saturated rings. The zero-order chi connectivity index (χ0) is 20.3. The van der Waals surface area contributed by atoms with Crippen molar-refractivity contribution in [3.63, 3.8) is 0 Å². The summed E-state index contributed by atoms with van der Waals surface area (Å²) in [4.78, 5) is 24.4. The van der Waals surface area contributed by atoms with Crippen LogP contribution in [-0.4, -0.2) is 55.9 Å². The Morgan fingerprint density at radius 3 is 2.71 bits per heavy atom. The lowest BCUT2D eigenvalue weighted by Crippen LogP contribution is -2.45. The van der Waals surface area contributed by atoms with Crippen molar-refractivity contribution in [1.82, 2.24) is 21.4 Å². The first kappa shape index (κ1) is 19.9. The second-order valence-electron chi connectivity index (χ2n) is 5.54. The molecule has 0 spiro atoms. The average Bonchev–Trinajstić information content (AvgIpc) is 2.99. The van der Waals surface area contributed by atoms with Gasteiger partial charge in [0, 0.05) is 7.05 Å². The SMILES string of the molecule is CN1NNN=C1NC(=O)c1ccc(OC(F)F)c(NC(=O)OC2COC2)c1Cl. The number of hydrazone groups is 1. The Balaban J connectivity index is 1.82. The highest BCUT2D eigenvalue weighted by atomic mass is 35.5. The van der Waals surface area contributed by atoms with Crippen molar-refractivity contribution < 1.29 is 32.6 Å². The van der Waals surface area contributed by atoms with E-state index in [1.54, 1.807) is 7.05 Å². The predicted molar refractivity (Wildman–Crippen MR) is 91.7 cm³/mol. The van der Waals surface area contributed by atoms with E-state index in [2.05, 4.69) is 31.5 Å². The number of hydrazine groups is 2. The van der Waals surface area contributed by atoms with Gasteiger partial charge >= 0.3 is 12.7 Å². The van der Waals surface area contributed by atoms with Gasteiger partial charge in [-0.15, -0.1) is 10.6 Å². The molecule has 1 aromatic carbocycles. The molecule has 0 aliphatic carbocycles. The highest BCUT2D eigenvalue weighted by molar-refractivity contribution is 6.37. The van der Waals surface area contributed by atoms with Gasteiger partial charge in [-0.25, -0.2) is 10.3 Å². The molecule has 0 unspecified atom stereocenters. The van der Waals surface area contributed by atoms with Gasteiger partial charge in [0.05, 0.1) is 23.8 Å². The lowest BCUT2D eigenvalue weighted by Gasteiger charge is -2.26. The van der Waals surface area contributed by atoms with Crippen LogP contribution in [0, 0.1) is 0 Å². The summed E-state index contributed by atoms with van der Waals surface area (Å²) in [7, 11) is 1.58. The van der Waals surface area contributed by atoms with Crippen LogP contribution < -0.4 is 26.4 Å². The first-order chi connectivity index (χ1) is 13.3. The molecule has 2 aliphatic rings. The maximum absolute atomic E-state index is 12.7.